The summed E-state index contributed by atoms with van der Waals surface area (Å²) in [4.78, 5) is 14.9. The average molecular weight is 353 g/mol. The fourth-order valence-corrected chi connectivity index (χ4v) is 3.74. The van der Waals surface area contributed by atoms with Crippen molar-refractivity contribution in [1.82, 2.24) is 9.62 Å². The predicted octanol–water partition coefficient (Wildman–Crippen LogP) is 2.07. The maximum atomic E-state index is 12.6. The van der Waals surface area contributed by atoms with Crippen molar-refractivity contribution in [2.75, 3.05) is 38.6 Å². The molecule has 7 heteroatoms. The zero-order chi connectivity index (χ0) is 17.7. The Morgan fingerprint density at radius 3 is 2.46 bits per heavy atom. The van der Waals surface area contributed by atoms with Crippen LogP contribution in [0.15, 0.2) is 23.1 Å². The van der Waals surface area contributed by atoms with Crippen LogP contribution >= 0.6 is 0 Å². The van der Waals surface area contributed by atoms with Crippen molar-refractivity contribution >= 4 is 21.6 Å². The van der Waals surface area contributed by atoms with Crippen molar-refractivity contribution in [2.45, 2.75) is 37.5 Å². The highest BCUT2D eigenvalue weighted by molar-refractivity contribution is 7.89. The number of piperidine rings is 1. The van der Waals surface area contributed by atoms with Crippen molar-refractivity contribution in [3.63, 3.8) is 0 Å². The molecule has 1 aliphatic heterocycles. The van der Waals surface area contributed by atoms with Gasteiger partial charge in [-0.25, -0.2) is 12.7 Å². The molecule has 0 aliphatic carbocycles. The minimum absolute atomic E-state index is 0.148. The van der Waals surface area contributed by atoms with E-state index in [1.165, 1.54) is 26.6 Å². The highest BCUT2D eigenvalue weighted by Crippen LogP contribution is 2.27. The lowest BCUT2D eigenvalue weighted by Gasteiger charge is -2.30. The van der Waals surface area contributed by atoms with Gasteiger partial charge in [-0.1, -0.05) is 6.92 Å². The first-order valence-electron chi connectivity index (χ1n) is 8.47. The second kappa shape index (κ2) is 7.98. The number of carbonyl (C=O) groups excluding carboxylic acids is 1. The van der Waals surface area contributed by atoms with Crippen LogP contribution in [0, 0.1) is 0 Å². The van der Waals surface area contributed by atoms with E-state index in [-0.39, 0.29) is 10.8 Å². The van der Waals surface area contributed by atoms with E-state index in [0.717, 1.165) is 42.3 Å². The molecule has 1 amide bonds. The van der Waals surface area contributed by atoms with Gasteiger partial charge >= 0.3 is 0 Å². The Labute approximate surface area is 144 Å². The molecule has 1 aromatic rings. The Kier molecular flexibility index (Phi) is 6.23. The maximum absolute atomic E-state index is 12.6. The second-order valence-corrected chi connectivity index (χ2v) is 8.42. The zero-order valence-corrected chi connectivity index (χ0v) is 15.5. The summed E-state index contributed by atoms with van der Waals surface area (Å²) in [5, 5.41) is 2.86. The fourth-order valence-electron chi connectivity index (χ4n) is 2.81. The van der Waals surface area contributed by atoms with Crippen LogP contribution in [0.25, 0.3) is 0 Å². The lowest BCUT2D eigenvalue weighted by atomic mass is 10.1. The number of nitrogens with one attached hydrogen (secondary N) is 1. The molecule has 0 aromatic heterocycles. The molecule has 134 valence electrons. The number of rotatable bonds is 6. The number of hydrogen-bond donors (Lipinski definition) is 1. The summed E-state index contributed by atoms with van der Waals surface area (Å²) < 4.78 is 25.9. The van der Waals surface area contributed by atoms with Crippen molar-refractivity contribution in [3.8, 4) is 0 Å². The Hall–Kier alpha value is -1.60. The third-order valence-electron chi connectivity index (χ3n) is 4.22. The Morgan fingerprint density at radius 1 is 1.21 bits per heavy atom. The maximum Gasteiger partial charge on any atom is 0.253 e. The highest BCUT2D eigenvalue weighted by atomic mass is 32.2. The molecular formula is C17H27N3O3S. The first-order chi connectivity index (χ1) is 11.4. The first-order valence-corrected chi connectivity index (χ1v) is 9.91. The molecule has 0 atom stereocenters. The molecule has 0 spiro atoms. The highest BCUT2D eigenvalue weighted by Gasteiger charge is 2.23. The lowest BCUT2D eigenvalue weighted by Crippen LogP contribution is -2.33. The van der Waals surface area contributed by atoms with Crippen LogP contribution in [0.3, 0.4) is 0 Å². The zero-order valence-electron chi connectivity index (χ0n) is 14.7. The van der Waals surface area contributed by atoms with Gasteiger partial charge in [-0.3, -0.25) is 4.79 Å². The van der Waals surface area contributed by atoms with Gasteiger partial charge in [-0.2, -0.15) is 0 Å². The molecule has 1 aliphatic rings. The summed E-state index contributed by atoms with van der Waals surface area (Å²) in [5.74, 6) is -0.215. The van der Waals surface area contributed by atoms with Crippen molar-refractivity contribution < 1.29 is 13.2 Å². The Balaban J connectivity index is 2.45. The quantitative estimate of drug-likeness (QED) is 0.850. The molecule has 0 bridgehead atoms. The molecule has 24 heavy (non-hydrogen) atoms. The monoisotopic (exact) mass is 353 g/mol. The Morgan fingerprint density at radius 2 is 1.88 bits per heavy atom. The van der Waals surface area contributed by atoms with Crippen LogP contribution in [0.4, 0.5) is 5.69 Å². The van der Waals surface area contributed by atoms with Crippen LogP contribution < -0.4 is 10.2 Å². The van der Waals surface area contributed by atoms with Gasteiger partial charge in [0.1, 0.15) is 0 Å². The van der Waals surface area contributed by atoms with Gasteiger partial charge in [0.2, 0.25) is 10.0 Å². The van der Waals surface area contributed by atoms with E-state index in [2.05, 4.69) is 10.2 Å². The predicted molar refractivity (Wildman–Crippen MR) is 96.0 cm³/mol. The van der Waals surface area contributed by atoms with Crippen molar-refractivity contribution in [2.24, 2.45) is 0 Å². The van der Waals surface area contributed by atoms with Crippen LogP contribution in [0.1, 0.15) is 43.0 Å². The van der Waals surface area contributed by atoms with Gasteiger partial charge in [0.25, 0.3) is 5.91 Å². The van der Waals surface area contributed by atoms with Gasteiger partial charge in [-0.05, 0) is 43.9 Å². The second-order valence-electron chi connectivity index (χ2n) is 6.27. The first kappa shape index (κ1) is 18.7. The molecule has 1 saturated heterocycles. The smallest absolute Gasteiger partial charge is 0.253 e. The SMILES string of the molecule is CCCNC(=O)c1cc(S(=O)(=O)N(C)C)ccc1N1CCCCC1. The largest absolute Gasteiger partial charge is 0.371 e. The van der Waals surface area contributed by atoms with E-state index in [9.17, 15) is 13.2 Å². The van der Waals surface area contributed by atoms with E-state index in [4.69, 9.17) is 0 Å². The standard InChI is InChI=1S/C17H27N3O3S/c1-4-10-18-17(21)15-13-14(24(22,23)19(2)3)8-9-16(15)20-11-6-5-7-12-20/h8-9,13H,4-7,10-12H2,1-3H3,(H,18,21). The molecule has 1 fully saturated rings. The van der Waals surface area contributed by atoms with E-state index < -0.39 is 10.0 Å². The minimum Gasteiger partial charge on any atom is -0.371 e. The molecule has 6 nitrogen and oxygen atoms in total. The fraction of sp³-hybridized carbons (Fsp3) is 0.588. The molecule has 0 radical (unpaired) electrons. The van der Waals surface area contributed by atoms with Gasteiger partial charge in [-0.15, -0.1) is 0 Å². The van der Waals surface area contributed by atoms with Crippen LogP contribution in [0.2, 0.25) is 0 Å². The summed E-state index contributed by atoms with van der Waals surface area (Å²) in [6.45, 7) is 4.35. The number of amides is 1. The number of hydrogen-bond acceptors (Lipinski definition) is 4. The molecular weight excluding hydrogens is 326 g/mol. The summed E-state index contributed by atoms with van der Waals surface area (Å²) >= 11 is 0. The summed E-state index contributed by atoms with van der Waals surface area (Å²) in [7, 11) is -0.585. The van der Waals surface area contributed by atoms with Crippen molar-refractivity contribution in [1.29, 1.82) is 0 Å². The summed E-state index contributed by atoms with van der Waals surface area (Å²) in [6, 6.07) is 4.86. The van der Waals surface area contributed by atoms with Gasteiger partial charge < -0.3 is 10.2 Å². The number of carbonyl (C=O) groups is 1. The number of anilines is 1. The van der Waals surface area contributed by atoms with Gasteiger partial charge in [0.05, 0.1) is 10.5 Å². The molecule has 1 heterocycles. The number of benzene rings is 1. The summed E-state index contributed by atoms with van der Waals surface area (Å²) in [6.07, 6.45) is 4.21. The number of sulfonamides is 1. The van der Waals surface area contributed by atoms with Crippen LogP contribution in [0.5, 0.6) is 0 Å². The van der Waals surface area contributed by atoms with E-state index in [0.29, 0.717) is 12.1 Å². The summed E-state index contributed by atoms with van der Waals surface area (Å²) in [5.41, 5.74) is 1.26. The van der Waals surface area contributed by atoms with Crippen LogP contribution in [-0.2, 0) is 10.0 Å². The third kappa shape index (κ3) is 4.08. The minimum atomic E-state index is -3.57. The molecule has 2 rings (SSSR count). The van der Waals surface area contributed by atoms with E-state index >= 15 is 0 Å². The van der Waals surface area contributed by atoms with E-state index in [1.54, 1.807) is 12.1 Å². The van der Waals surface area contributed by atoms with Gasteiger partial charge in [0.15, 0.2) is 0 Å². The third-order valence-corrected chi connectivity index (χ3v) is 6.03. The normalized spacial score (nSPS) is 15.6. The lowest BCUT2D eigenvalue weighted by molar-refractivity contribution is 0.0954. The van der Waals surface area contributed by atoms with Crippen molar-refractivity contribution in [3.05, 3.63) is 23.8 Å². The number of nitrogens with zero attached hydrogens (tertiary/aromatic N) is 2. The molecule has 0 saturated carbocycles. The topological polar surface area (TPSA) is 69.7 Å². The Bertz CT molecular complexity index is 680. The average Bonchev–Trinajstić information content (AvgIpc) is 2.59. The molecule has 1 aromatic carbocycles. The van der Waals surface area contributed by atoms with Crippen LogP contribution in [-0.4, -0.2) is 52.4 Å². The van der Waals surface area contributed by atoms with Gasteiger partial charge in [0, 0.05) is 39.4 Å². The molecule has 1 N–H and O–H groups in total. The van der Waals surface area contributed by atoms with E-state index in [1.807, 2.05) is 6.92 Å². The molecule has 0 unspecified atom stereocenters.